The summed E-state index contributed by atoms with van der Waals surface area (Å²) < 4.78 is 5.21. The minimum atomic E-state index is 0.470. The Labute approximate surface area is 75.8 Å². The topological polar surface area (TPSA) is 38.1 Å². The van der Waals surface area contributed by atoms with E-state index in [0.717, 1.165) is 16.8 Å². The van der Waals surface area contributed by atoms with Crippen molar-refractivity contribution >= 4 is 16.8 Å². The van der Waals surface area contributed by atoms with Crippen LogP contribution in [-0.2, 0) is 0 Å². The number of hydrogen-bond donors (Lipinski definition) is 1. The Bertz CT molecular complexity index is 453. The number of terminal acetylenes is 1. The van der Waals surface area contributed by atoms with Crippen molar-refractivity contribution in [3.05, 3.63) is 24.6 Å². The van der Waals surface area contributed by atoms with E-state index in [4.69, 9.17) is 10.8 Å². The maximum absolute atomic E-state index is 5.21. The fraction of sp³-hybridized carbons (Fsp3) is 0.100. The lowest BCUT2D eigenvalue weighted by molar-refractivity contribution is 0.615. The minimum absolute atomic E-state index is 0.470. The van der Waals surface area contributed by atoms with E-state index in [2.05, 4.69) is 16.2 Å². The van der Waals surface area contributed by atoms with Crippen LogP contribution in [0.2, 0.25) is 0 Å². The molecule has 2 aromatic heterocycles. The summed E-state index contributed by atoms with van der Waals surface area (Å²) in [5.41, 5.74) is 0.814. The van der Waals surface area contributed by atoms with Crippen molar-refractivity contribution in [2.75, 3.05) is 11.9 Å². The molecule has 2 heterocycles. The van der Waals surface area contributed by atoms with Crippen LogP contribution in [0.25, 0.3) is 11.0 Å². The van der Waals surface area contributed by atoms with E-state index >= 15 is 0 Å². The average molecular weight is 172 g/mol. The first-order valence-corrected chi connectivity index (χ1v) is 3.91. The molecule has 64 valence electrons. The van der Waals surface area contributed by atoms with Crippen LogP contribution in [0.5, 0.6) is 0 Å². The third kappa shape index (κ3) is 1.34. The molecule has 0 spiro atoms. The Hall–Kier alpha value is -1.95. The third-order valence-corrected chi connectivity index (χ3v) is 1.74. The van der Waals surface area contributed by atoms with Crippen LogP contribution in [0, 0.1) is 12.3 Å². The van der Waals surface area contributed by atoms with Gasteiger partial charge in [0.05, 0.1) is 18.2 Å². The second-order valence-electron chi connectivity index (χ2n) is 2.55. The van der Waals surface area contributed by atoms with E-state index in [1.807, 2.05) is 12.1 Å². The van der Waals surface area contributed by atoms with Crippen LogP contribution < -0.4 is 5.32 Å². The van der Waals surface area contributed by atoms with Crippen molar-refractivity contribution in [1.82, 2.24) is 4.98 Å². The number of fused-ring (bicyclic) bond motifs is 1. The van der Waals surface area contributed by atoms with E-state index in [0.29, 0.717) is 6.54 Å². The van der Waals surface area contributed by atoms with Gasteiger partial charge in [0.2, 0.25) is 0 Å². The fourth-order valence-electron chi connectivity index (χ4n) is 1.17. The van der Waals surface area contributed by atoms with E-state index in [1.165, 1.54) is 0 Å². The van der Waals surface area contributed by atoms with Crippen molar-refractivity contribution in [1.29, 1.82) is 0 Å². The molecule has 0 aliphatic carbocycles. The number of furan rings is 1. The Balaban J connectivity index is 2.44. The maximum Gasteiger partial charge on any atom is 0.139 e. The number of nitrogens with zero attached hydrogens (tertiary/aromatic N) is 1. The maximum atomic E-state index is 5.21. The Morgan fingerprint density at radius 3 is 3.31 bits per heavy atom. The highest BCUT2D eigenvalue weighted by molar-refractivity contribution is 5.87. The molecule has 13 heavy (non-hydrogen) atoms. The van der Waals surface area contributed by atoms with Gasteiger partial charge in [-0.2, -0.15) is 0 Å². The van der Waals surface area contributed by atoms with Gasteiger partial charge in [0.25, 0.3) is 0 Å². The van der Waals surface area contributed by atoms with Crippen LogP contribution >= 0.6 is 0 Å². The highest BCUT2D eigenvalue weighted by atomic mass is 16.3. The van der Waals surface area contributed by atoms with E-state index in [1.54, 1.807) is 12.5 Å². The SMILES string of the molecule is C#CCNc1nccc2occc12. The number of aromatic nitrogens is 1. The van der Waals surface area contributed by atoms with Crippen molar-refractivity contribution < 1.29 is 4.42 Å². The molecule has 3 nitrogen and oxygen atoms in total. The largest absolute Gasteiger partial charge is 0.464 e. The van der Waals surface area contributed by atoms with E-state index < -0.39 is 0 Å². The first-order valence-electron chi connectivity index (χ1n) is 3.91. The van der Waals surface area contributed by atoms with Gasteiger partial charge in [-0.3, -0.25) is 0 Å². The van der Waals surface area contributed by atoms with Gasteiger partial charge in [0, 0.05) is 6.20 Å². The highest BCUT2D eigenvalue weighted by Crippen LogP contribution is 2.21. The summed E-state index contributed by atoms with van der Waals surface area (Å²) >= 11 is 0. The summed E-state index contributed by atoms with van der Waals surface area (Å²) in [6.45, 7) is 0.470. The molecule has 0 saturated heterocycles. The number of anilines is 1. The van der Waals surface area contributed by atoms with Gasteiger partial charge in [0.1, 0.15) is 11.4 Å². The Morgan fingerprint density at radius 1 is 1.54 bits per heavy atom. The lowest BCUT2D eigenvalue weighted by Crippen LogP contribution is -2.00. The summed E-state index contributed by atoms with van der Waals surface area (Å²) in [5.74, 6) is 3.26. The number of hydrogen-bond acceptors (Lipinski definition) is 3. The zero-order valence-electron chi connectivity index (χ0n) is 6.95. The molecule has 0 bridgehead atoms. The van der Waals surface area contributed by atoms with Gasteiger partial charge in [-0.1, -0.05) is 5.92 Å². The first-order chi connectivity index (χ1) is 6.42. The molecule has 0 saturated carbocycles. The van der Waals surface area contributed by atoms with Crippen LogP contribution in [-0.4, -0.2) is 11.5 Å². The molecule has 0 fully saturated rings. The molecule has 0 atom stereocenters. The van der Waals surface area contributed by atoms with Crippen LogP contribution in [0.4, 0.5) is 5.82 Å². The predicted octanol–water partition coefficient (Wildman–Crippen LogP) is 1.87. The Kier molecular flexibility index (Phi) is 1.89. The number of pyridine rings is 1. The van der Waals surface area contributed by atoms with Crippen molar-refractivity contribution in [2.45, 2.75) is 0 Å². The summed E-state index contributed by atoms with van der Waals surface area (Å²) in [4.78, 5) is 4.15. The average Bonchev–Trinajstić information content (AvgIpc) is 2.62. The second kappa shape index (κ2) is 3.20. The zero-order chi connectivity index (χ0) is 9.10. The van der Waals surface area contributed by atoms with E-state index in [-0.39, 0.29) is 0 Å². The molecular weight excluding hydrogens is 164 g/mol. The van der Waals surface area contributed by atoms with Crippen LogP contribution in [0.1, 0.15) is 0 Å². The summed E-state index contributed by atoms with van der Waals surface area (Å²) in [7, 11) is 0. The molecule has 2 aromatic rings. The summed E-state index contributed by atoms with van der Waals surface area (Å²) in [6.07, 6.45) is 8.45. The van der Waals surface area contributed by atoms with Gasteiger partial charge in [-0.25, -0.2) is 4.98 Å². The number of nitrogens with one attached hydrogen (secondary N) is 1. The minimum Gasteiger partial charge on any atom is -0.464 e. The Morgan fingerprint density at radius 2 is 2.46 bits per heavy atom. The fourth-order valence-corrected chi connectivity index (χ4v) is 1.17. The molecule has 0 unspecified atom stereocenters. The van der Waals surface area contributed by atoms with Gasteiger partial charge in [-0.05, 0) is 12.1 Å². The van der Waals surface area contributed by atoms with Gasteiger partial charge < -0.3 is 9.73 Å². The molecule has 0 radical (unpaired) electrons. The normalized spacial score (nSPS) is 9.77. The molecule has 0 amide bonds. The lowest BCUT2D eigenvalue weighted by atomic mass is 10.3. The zero-order valence-corrected chi connectivity index (χ0v) is 6.95. The van der Waals surface area contributed by atoms with Crippen molar-refractivity contribution in [3.63, 3.8) is 0 Å². The predicted molar refractivity (Wildman–Crippen MR) is 51.3 cm³/mol. The van der Waals surface area contributed by atoms with Gasteiger partial charge in [0.15, 0.2) is 0 Å². The summed E-state index contributed by atoms with van der Waals surface area (Å²) in [5, 5.41) is 3.97. The molecule has 0 aliphatic heterocycles. The number of rotatable bonds is 2. The van der Waals surface area contributed by atoms with Gasteiger partial charge >= 0.3 is 0 Å². The second-order valence-corrected chi connectivity index (χ2v) is 2.55. The van der Waals surface area contributed by atoms with Crippen LogP contribution in [0.3, 0.4) is 0 Å². The van der Waals surface area contributed by atoms with Crippen molar-refractivity contribution in [2.24, 2.45) is 0 Å². The quantitative estimate of drug-likeness (QED) is 0.703. The molecule has 2 rings (SSSR count). The molecule has 3 heteroatoms. The summed E-state index contributed by atoms with van der Waals surface area (Å²) in [6, 6.07) is 3.68. The smallest absolute Gasteiger partial charge is 0.139 e. The molecular formula is C10H8N2O. The monoisotopic (exact) mass is 172 g/mol. The van der Waals surface area contributed by atoms with E-state index in [9.17, 15) is 0 Å². The van der Waals surface area contributed by atoms with Crippen molar-refractivity contribution in [3.8, 4) is 12.3 Å². The lowest BCUT2D eigenvalue weighted by Gasteiger charge is -2.00. The highest BCUT2D eigenvalue weighted by Gasteiger charge is 2.02. The van der Waals surface area contributed by atoms with Gasteiger partial charge in [-0.15, -0.1) is 6.42 Å². The molecule has 0 aliphatic rings. The molecule has 0 aromatic carbocycles. The molecule has 1 N–H and O–H groups in total. The first kappa shape index (κ1) is 7.69. The third-order valence-electron chi connectivity index (χ3n) is 1.74. The standard InChI is InChI=1S/C10H8N2O/c1-2-5-11-10-8-4-7-13-9(8)3-6-12-10/h1,3-4,6-7H,5H2,(H,11,12). The van der Waals surface area contributed by atoms with Crippen LogP contribution in [0.15, 0.2) is 29.0 Å².